The highest BCUT2D eigenvalue weighted by atomic mass is 17.1. The van der Waals surface area contributed by atoms with Crippen LogP contribution in [0.1, 0.15) is 118 Å². The first-order valence-electron chi connectivity index (χ1n) is 24.8. The minimum absolute atomic E-state index is 0.00146. The fourth-order valence-corrected chi connectivity index (χ4v) is 13.2. The Morgan fingerprint density at radius 1 is 0.735 bits per heavy atom. The van der Waals surface area contributed by atoms with Crippen molar-refractivity contribution in [1.82, 2.24) is 25.3 Å². The molecule has 10 unspecified atom stereocenters. The number of fused-ring (bicyclic) bond motifs is 5. The summed E-state index contributed by atoms with van der Waals surface area (Å²) in [5, 5.41) is 106. The number of carbonyl (C=O) groups excluding carboxylic acids is 2. The lowest BCUT2D eigenvalue weighted by Gasteiger charge is -2.63. The molecule has 4 saturated carbocycles. The lowest BCUT2D eigenvalue weighted by atomic mass is 9.43. The molecule has 13 atom stereocenters. The van der Waals surface area contributed by atoms with Gasteiger partial charge in [0.15, 0.2) is 12.6 Å². The van der Waals surface area contributed by atoms with Gasteiger partial charge in [-0.05, 0) is 117 Å². The largest absolute Gasteiger partial charge is 0.481 e. The molecule has 21 nitrogen and oxygen atoms in total. The van der Waals surface area contributed by atoms with Gasteiger partial charge < -0.3 is 56.6 Å². The summed E-state index contributed by atoms with van der Waals surface area (Å²) in [6.07, 6.45) is 2.82. The fourth-order valence-electron chi connectivity index (χ4n) is 13.2. The van der Waals surface area contributed by atoms with Crippen molar-refractivity contribution in [1.29, 1.82) is 0 Å². The van der Waals surface area contributed by atoms with Crippen LogP contribution in [0, 0.1) is 46.3 Å². The first kappa shape index (κ1) is 57.5. The number of aliphatic hydroxyl groups is 6. The van der Waals surface area contributed by atoms with Gasteiger partial charge >= 0.3 is 17.9 Å². The van der Waals surface area contributed by atoms with E-state index in [2.05, 4.69) is 36.3 Å². The summed E-state index contributed by atoms with van der Waals surface area (Å²) < 4.78 is 0. The van der Waals surface area contributed by atoms with Crippen LogP contribution in [0.5, 0.6) is 0 Å². The fraction of sp³-hybridized carbons (Fsp3) is 0.894. The molecule has 392 valence electrons. The molecule has 0 heterocycles. The van der Waals surface area contributed by atoms with E-state index in [1.807, 2.05) is 4.90 Å². The molecule has 21 heteroatoms. The molecule has 68 heavy (non-hydrogen) atoms. The van der Waals surface area contributed by atoms with Crippen molar-refractivity contribution >= 4 is 29.7 Å². The van der Waals surface area contributed by atoms with Crippen molar-refractivity contribution in [2.24, 2.45) is 46.3 Å². The first-order valence-corrected chi connectivity index (χ1v) is 24.8. The summed E-state index contributed by atoms with van der Waals surface area (Å²) in [6.45, 7) is 6.91. The van der Waals surface area contributed by atoms with E-state index in [-0.39, 0.29) is 129 Å². The van der Waals surface area contributed by atoms with Crippen LogP contribution >= 0.6 is 0 Å². The van der Waals surface area contributed by atoms with Gasteiger partial charge in [-0.1, -0.05) is 27.2 Å². The third kappa shape index (κ3) is 15.7. The molecule has 0 aromatic heterocycles. The summed E-state index contributed by atoms with van der Waals surface area (Å²) in [6, 6.07) is -1.14. The number of hydrogen-bond acceptors (Lipinski definition) is 16. The average Bonchev–Trinajstić information content (AvgIpc) is 3.61. The van der Waals surface area contributed by atoms with Crippen molar-refractivity contribution in [3.63, 3.8) is 0 Å². The van der Waals surface area contributed by atoms with Gasteiger partial charge in [0, 0.05) is 76.7 Å². The van der Waals surface area contributed by atoms with Gasteiger partial charge in [-0.15, -0.1) is 0 Å². The van der Waals surface area contributed by atoms with Gasteiger partial charge in [0.2, 0.25) is 11.8 Å². The SMILES string of the molecule is CC(CCC(=O)O)[C@H]1CCC2C3C(O)CC4CC(NC(=O)CCC(=O)NCCCCC(COO)N(CCN(CC(=O)O)CC(=O)O)CC(C)N(CC(O)O)CC(O)O)CC[C@]4(C)C3CC(O)[C@@]21C. The molecule has 0 bridgehead atoms. The summed E-state index contributed by atoms with van der Waals surface area (Å²) >= 11 is 0. The molecule has 2 amide bonds. The molecule has 0 aromatic rings. The van der Waals surface area contributed by atoms with Crippen LogP contribution < -0.4 is 10.6 Å². The molecule has 0 radical (unpaired) electrons. The number of hydrogen-bond donors (Lipinski definition) is 12. The maximum Gasteiger partial charge on any atom is 0.317 e. The molecule has 0 spiro atoms. The normalized spacial score (nSPS) is 30.5. The molecule has 4 aliphatic carbocycles. The number of carboxylic acids is 3. The zero-order chi connectivity index (χ0) is 50.5. The third-order valence-corrected chi connectivity index (χ3v) is 16.7. The van der Waals surface area contributed by atoms with Crippen molar-refractivity contribution in [3.05, 3.63) is 0 Å². The van der Waals surface area contributed by atoms with Crippen molar-refractivity contribution in [2.45, 2.75) is 160 Å². The smallest absolute Gasteiger partial charge is 0.317 e. The van der Waals surface area contributed by atoms with Gasteiger partial charge in [0.1, 0.15) is 0 Å². The number of nitrogens with zero attached hydrogens (tertiary/aromatic N) is 3. The van der Waals surface area contributed by atoms with Crippen LogP contribution in [0.3, 0.4) is 0 Å². The van der Waals surface area contributed by atoms with Crippen LogP contribution in [0.4, 0.5) is 0 Å². The number of unbranched alkanes of at least 4 members (excludes halogenated alkanes) is 1. The predicted octanol–water partition coefficient (Wildman–Crippen LogP) is 0.583. The Bertz CT molecular complexity index is 1620. The molecule has 12 N–H and O–H groups in total. The van der Waals surface area contributed by atoms with Gasteiger partial charge in [-0.2, -0.15) is 0 Å². The van der Waals surface area contributed by atoms with Crippen LogP contribution in [-0.2, 0) is 28.9 Å². The predicted molar refractivity (Wildman–Crippen MR) is 245 cm³/mol. The Morgan fingerprint density at radius 2 is 1.38 bits per heavy atom. The first-order chi connectivity index (χ1) is 32.0. The molecule has 0 aromatic carbocycles. The number of carboxylic acid groups (broad SMARTS) is 3. The second-order valence-electron chi connectivity index (χ2n) is 21.1. The van der Waals surface area contributed by atoms with E-state index in [0.717, 1.165) is 25.7 Å². The maximum absolute atomic E-state index is 13.2. The van der Waals surface area contributed by atoms with E-state index in [9.17, 15) is 75.2 Å². The quantitative estimate of drug-likeness (QED) is 0.0203. The number of amides is 2. The van der Waals surface area contributed by atoms with E-state index in [1.54, 1.807) is 6.92 Å². The summed E-state index contributed by atoms with van der Waals surface area (Å²) in [5.41, 5.74) is -0.486. The molecular formula is C47H83N5O16. The molecular weight excluding hydrogens is 891 g/mol. The van der Waals surface area contributed by atoms with Crippen LogP contribution in [0.25, 0.3) is 0 Å². The Kier molecular flexibility index (Phi) is 22.3. The topological polar surface area (TPSA) is 331 Å². The van der Waals surface area contributed by atoms with E-state index >= 15 is 0 Å². The van der Waals surface area contributed by atoms with Gasteiger partial charge in [-0.3, -0.25) is 43.9 Å². The van der Waals surface area contributed by atoms with Crippen LogP contribution in [0.15, 0.2) is 0 Å². The summed E-state index contributed by atoms with van der Waals surface area (Å²) in [5.74, 6) is -2.93. The van der Waals surface area contributed by atoms with E-state index in [0.29, 0.717) is 44.9 Å². The van der Waals surface area contributed by atoms with Crippen LogP contribution in [0.2, 0.25) is 0 Å². The Morgan fingerprint density at radius 3 is 1.99 bits per heavy atom. The monoisotopic (exact) mass is 974 g/mol. The Balaban J connectivity index is 1.25. The second-order valence-corrected chi connectivity index (χ2v) is 21.1. The summed E-state index contributed by atoms with van der Waals surface area (Å²) in [4.78, 5) is 69.3. The molecule has 0 saturated heterocycles. The average molecular weight is 974 g/mol. The maximum atomic E-state index is 13.2. The van der Waals surface area contributed by atoms with E-state index < -0.39 is 67.9 Å². The summed E-state index contributed by atoms with van der Waals surface area (Å²) in [7, 11) is 0. The molecule has 4 aliphatic rings. The van der Waals surface area contributed by atoms with Gasteiger partial charge in [-0.25, -0.2) is 4.89 Å². The van der Waals surface area contributed by atoms with Gasteiger partial charge in [0.25, 0.3) is 0 Å². The zero-order valence-electron chi connectivity index (χ0n) is 40.5. The number of aliphatic carboxylic acids is 3. The highest BCUT2D eigenvalue weighted by Gasteiger charge is 2.65. The molecule has 0 aliphatic heterocycles. The van der Waals surface area contributed by atoms with E-state index in [4.69, 9.17) is 0 Å². The Labute approximate surface area is 400 Å². The Hall–Kier alpha value is -3.09. The van der Waals surface area contributed by atoms with Crippen molar-refractivity contribution < 1.29 is 80.1 Å². The number of nitrogens with one attached hydrogen (secondary N) is 2. The van der Waals surface area contributed by atoms with Crippen molar-refractivity contribution in [3.8, 4) is 0 Å². The van der Waals surface area contributed by atoms with Crippen LogP contribution in [-0.4, -0.2) is 198 Å². The minimum atomic E-state index is -1.79. The molecule has 4 fully saturated rings. The second kappa shape index (κ2) is 26.4. The highest BCUT2D eigenvalue weighted by molar-refractivity contribution is 5.83. The van der Waals surface area contributed by atoms with E-state index in [1.165, 1.54) is 9.80 Å². The zero-order valence-corrected chi connectivity index (χ0v) is 40.5. The lowest BCUT2D eigenvalue weighted by Crippen LogP contribution is -2.63. The third-order valence-electron chi connectivity index (χ3n) is 16.7. The van der Waals surface area contributed by atoms with Crippen molar-refractivity contribution in [2.75, 3.05) is 59.0 Å². The number of aliphatic hydroxyl groups excluding tert-OH is 4. The lowest BCUT2D eigenvalue weighted by molar-refractivity contribution is -0.252. The molecule has 4 rings (SSSR count). The standard InChI is InChI=1S/C47H83N5O16/c1-28(8-13-40(57)58)33-9-10-34-45-35(21-37(54)47(33,34)4)46(3)15-14-31(19-30(46)20-36(45)53)49-39(56)12-11-38(55)48-16-6-5-7-32(27-68-67)51(18-17-50(23-41(59)60)24-42(61)62)22-29(2)52(25-43(63)64)26-44(65)66/h28-37,43-45,53-54,63-67H,5-27H2,1-4H3,(H,48,55)(H,49,56)(H,57,58)(H,59,60)(H,61,62)/t28?,29?,30?,31?,32?,33-,34?,35?,36?,37?,45?,46+,47-/m1/s1. The number of rotatable bonds is 30. The highest BCUT2D eigenvalue weighted by Crippen LogP contribution is 2.68. The van der Waals surface area contributed by atoms with Gasteiger partial charge in [0.05, 0.1) is 31.9 Å². The minimum Gasteiger partial charge on any atom is -0.481 e. The number of carbonyl (C=O) groups is 5.